The zero-order valence-corrected chi connectivity index (χ0v) is 9.92. The Kier molecular flexibility index (Phi) is 3.71. The number of aromatic nitrogens is 1. The van der Waals surface area contributed by atoms with Crippen molar-refractivity contribution in [1.82, 2.24) is 4.98 Å². The van der Waals surface area contributed by atoms with Crippen molar-refractivity contribution in [2.24, 2.45) is 5.73 Å². The smallest absolute Gasteiger partial charge is 0.120 e. The molecule has 86 valence electrons. The molecule has 0 unspecified atom stereocenters. The summed E-state index contributed by atoms with van der Waals surface area (Å²) in [6.07, 6.45) is 0. The van der Waals surface area contributed by atoms with Crippen molar-refractivity contribution in [3.05, 3.63) is 23.2 Å². The number of benzene rings is 1. The van der Waals surface area contributed by atoms with Gasteiger partial charge in [-0.15, -0.1) is 11.3 Å². The standard InChI is InChI=1S/C11H14N2O2S/c1-14-8-2-3-9-10(6-8)16-11(13-9)7-15-5-4-12/h2-3,6H,4-5,7,12H2,1H3. The normalized spacial score (nSPS) is 10.9. The van der Waals surface area contributed by atoms with Gasteiger partial charge < -0.3 is 15.2 Å². The summed E-state index contributed by atoms with van der Waals surface area (Å²) in [4.78, 5) is 4.46. The fourth-order valence-electron chi connectivity index (χ4n) is 1.38. The third kappa shape index (κ3) is 2.49. The lowest BCUT2D eigenvalue weighted by atomic mass is 10.3. The van der Waals surface area contributed by atoms with Crippen LogP contribution >= 0.6 is 11.3 Å². The Morgan fingerprint density at radius 3 is 3.06 bits per heavy atom. The van der Waals surface area contributed by atoms with Gasteiger partial charge in [-0.1, -0.05) is 0 Å². The van der Waals surface area contributed by atoms with E-state index < -0.39 is 0 Å². The number of hydrogen-bond acceptors (Lipinski definition) is 5. The lowest BCUT2D eigenvalue weighted by molar-refractivity contribution is 0.128. The van der Waals surface area contributed by atoms with Gasteiger partial charge in [0.15, 0.2) is 0 Å². The van der Waals surface area contributed by atoms with Gasteiger partial charge in [-0.25, -0.2) is 4.98 Å². The third-order valence-corrected chi connectivity index (χ3v) is 3.12. The molecule has 0 saturated carbocycles. The van der Waals surface area contributed by atoms with Crippen LogP contribution in [0.2, 0.25) is 0 Å². The first-order chi connectivity index (χ1) is 7.83. The molecular weight excluding hydrogens is 224 g/mol. The maximum Gasteiger partial charge on any atom is 0.120 e. The third-order valence-electron chi connectivity index (χ3n) is 2.13. The van der Waals surface area contributed by atoms with Gasteiger partial charge in [0.1, 0.15) is 10.8 Å². The Labute approximate surface area is 98.0 Å². The van der Waals surface area contributed by atoms with Gasteiger partial charge in [0.25, 0.3) is 0 Å². The minimum absolute atomic E-state index is 0.527. The van der Waals surface area contributed by atoms with E-state index in [0.717, 1.165) is 21.0 Å². The predicted octanol–water partition coefficient (Wildman–Crippen LogP) is 1.78. The van der Waals surface area contributed by atoms with Gasteiger partial charge in [0.2, 0.25) is 0 Å². The van der Waals surface area contributed by atoms with Gasteiger partial charge in [0.05, 0.1) is 30.5 Å². The summed E-state index contributed by atoms with van der Waals surface area (Å²) in [5.74, 6) is 0.852. The van der Waals surface area contributed by atoms with Crippen molar-refractivity contribution < 1.29 is 9.47 Å². The Balaban J connectivity index is 2.16. The van der Waals surface area contributed by atoms with Crippen LogP contribution in [-0.4, -0.2) is 25.2 Å². The minimum atomic E-state index is 0.527. The van der Waals surface area contributed by atoms with E-state index in [4.69, 9.17) is 15.2 Å². The average molecular weight is 238 g/mol. The zero-order valence-electron chi connectivity index (χ0n) is 9.10. The molecule has 2 rings (SSSR count). The Hall–Kier alpha value is -1.17. The molecule has 1 aromatic carbocycles. The summed E-state index contributed by atoms with van der Waals surface area (Å²) >= 11 is 1.62. The Morgan fingerprint density at radius 1 is 1.44 bits per heavy atom. The Morgan fingerprint density at radius 2 is 2.31 bits per heavy atom. The maximum atomic E-state index is 5.35. The highest BCUT2D eigenvalue weighted by Gasteiger charge is 2.04. The van der Waals surface area contributed by atoms with Crippen LogP contribution < -0.4 is 10.5 Å². The van der Waals surface area contributed by atoms with Crippen LogP contribution in [0.3, 0.4) is 0 Å². The van der Waals surface area contributed by atoms with Crippen molar-refractivity contribution >= 4 is 21.6 Å². The number of nitrogens with two attached hydrogens (primary N) is 1. The Bertz CT molecular complexity index is 470. The number of ether oxygens (including phenoxy) is 2. The molecule has 2 aromatic rings. The molecule has 2 N–H and O–H groups in total. The highest BCUT2D eigenvalue weighted by molar-refractivity contribution is 7.18. The quantitative estimate of drug-likeness (QED) is 0.807. The summed E-state index contributed by atoms with van der Waals surface area (Å²) in [5, 5.41) is 0.969. The van der Waals surface area contributed by atoms with Crippen molar-refractivity contribution in [2.45, 2.75) is 6.61 Å². The zero-order chi connectivity index (χ0) is 11.4. The molecule has 0 saturated heterocycles. The van der Waals surface area contributed by atoms with Gasteiger partial charge in [-0.2, -0.15) is 0 Å². The lowest BCUT2D eigenvalue weighted by Gasteiger charge is -1.96. The van der Waals surface area contributed by atoms with Crippen molar-refractivity contribution in [3.63, 3.8) is 0 Å². The van der Waals surface area contributed by atoms with E-state index in [-0.39, 0.29) is 0 Å². The molecule has 0 fully saturated rings. The highest BCUT2D eigenvalue weighted by Crippen LogP contribution is 2.26. The van der Waals surface area contributed by atoms with Gasteiger partial charge in [0, 0.05) is 6.54 Å². The molecule has 0 amide bonds. The second-order valence-corrected chi connectivity index (χ2v) is 4.40. The molecule has 1 heterocycles. The van der Waals surface area contributed by atoms with Crippen LogP contribution in [0.5, 0.6) is 5.75 Å². The number of hydrogen-bond donors (Lipinski definition) is 1. The summed E-state index contributed by atoms with van der Waals surface area (Å²) < 4.78 is 11.6. The van der Waals surface area contributed by atoms with E-state index in [1.165, 1.54) is 0 Å². The molecule has 1 aromatic heterocycles. The van der Waals surface area contributed by atoms with Crippen LogP contribution in [-0.2, 0) is 11.3 Å². The van der Waals surface area contributed by atoms with Crippen LogP contribution in [0.15, 0.2) is 18.2 Å². The van der Waals surface area contributed by atoms with Crippen molar-refractivity contribution in [2.75, 3.05) is 20.3 Å². The van der Waals surface area contributed by atoms with Crippen LogP contribution in [0.4, 0.5) is 0 Å². The number of rotatable bonds is 5. The van der Waals surface area contributed by atoms with E-state index in [0.29, 0.717) is 19.8 Å². The summed E-state index contributed by atoms with van der Waals surface area (Å²) in [6.45, 7) is 1.64. The van der Waals surface area contributed by atoms with Crippen LogP contribution in [0.1, 0.15) is 5.01 Å². The number of fused-ring (bicyclic) bond motifs is 1. The molecule has 4 nitrogen and oxygen atoms in total. The van der Waals surface area contributed by atoms with E-state index in [2.05, 4.69) is 4.98 Å². The molecule has 16 heavy (non-hydrogen) atoms. The molecule has 0 atom stereocenters. The topological polar surface area (TPSA) is 57.4 Å². The molecule has 5 heteroatoms. The maximum absolute atomic E-state index is 5.35. The monoisotopic (exact) mass is 238 g/mol. The first-order valence-electron chi connectivity index (χ1n) is 5.05. The van der Waals surface area contributed by atoms with Crippen molar-refractivity contribution in [1.29, 1.82) is 0 Å². The van der Waals surface area contributed by atoms with E-state index in [1.54, 1.807) is 18.4 Å². The summed E-state index contributed by atoms with van der Waals surface area (Å²) in [6, 6.07) is 5.85. The molecule has 0 radical (unpaired) electrons. The molecular formula is C11H14N2O2S. The van der Waals surface area contributed by atoms with Crippen LogP contribution in [0, 0.1) is 0 Å². The fraction of sp³-hybridized carbons (Fsp3) is 0.364. The molecule has 0 bridgehead atoms. The SMILES string of the molecule is COc1ccc2nc(COCCN)sc2c1. The number of methoxy groups -OCH3 is 1. The first-order valence-corrected chi connectivity index (χ1v) is 5.86. The molecule has 0 aliphatic heterocycles. The fourth-order valence-corrected chi connectivity index (χ4v) is 2.32. The van der Waals surface area contributed by atoms with Gasteiger partial charge in [-0.05, 0) is 18.2 Å². The predicted molar refractivity (Wildman–Crippen MR) is 64.9 cm³/mol. The lowest BCUT2D eigenvalue weighted by Crippen LogP contribution is -2.07. The number of nitrogens with zero attached hydrogens (tertiary/aromatic N) is 1. The van der Waals surface area contributed by atoms with Crippen LogP contribution in [0.25, 0.3) is 10.2 Å². The second kappa shape index (κ2) is 5.25. The van der Waals surface area contributed by atoms with E-state index >= 15 is 0 Å². The van der Waals surface area contributed by atoms with Crippen molar-refractivity contribution in [3.8, 4) is 5.75 Å². The number of thiazole rings is 1. The molecule has 0 spiro atoms. The summed E-state index contributed by atoms with van der Waals surface area (Å²) in [5.41, 5.74) is 6.33. The van der Waals surface area contributed by atoms with Gasteiger partial charge >= 0.3 is 0 Å². The largest absolute Gasteiger partial charge is 0.497 e. The van der Waals surface area contributed by atoms with E-state index in [9.17, 15) is 0 Å². The highest BCUT2D eigenvalue weighted by atomic mass is 32.1. The minimum Gasteiger partial charge on any atom is -0.497 e. The molecule has 0 aliphatic carbocycles. The first kappa shape index (κ1) is 11.3. The van der Waals surface area contributed by atoms with Gasteiger partial charge in [-0.3, -0.25) is 0 Å². The molecule has 0 aliphatic rings. The summed E-state index contributed by atoms with van der Waals surface area (Å²) in [7, 11) is 1.66. The van der Waals surface area contributed by atoms with E-state index in [1.807, 2.05) is 18.2 Å². The average Bonchev–Trinajstić information content (AvgIpc) is 2.70. The second-order valence-electron chi connectivity index (χ2n) is 3.28.